The van der Waals surface area contributed by atoms with Crippen molar-refractivity contribution >= 4 is 34.1 Å². The predicted octanol–water partition coefficient (Wildman–Crippen LogP) is 4.30. The van der Waals surface area contributed by atoms with E-state index in [-0.39, 0.29) is 29.9 Å². The van der Waals surface area contributed by atoms with Crippen LogP contribution in [0, 0.1) is 6.92 Å². The number of rotatable bonds is 10. The van der Waals surface area contributed by atoms with Gasteiger partial charge >= 0.3 is 5.97 Å². The summed E-state index contributed by atoms with van der Waals surface area (Å²) in [5, 5.41) is 3.11. The second kappa shape index (κ2) is 11.7. The minimum Gasteiger partial charge on any atom is -0.493 e. The van der Waals surface area contributed by atoms with E-state index in [0.29, 0.717) is 45.6 Å². The third-order valence-corrected chi connectivity index (χ3v) is 6.20. The Bertz CT molecular complexity index is 1010. The summed E-state index contributed by atoms with van der Waals surface area (Å²) in [7, 11) is 3.06. The van der Waals surface area contributed by atoms with Gasteiger partial charge in [-0.25, -0.2) is 4.79 Å². The van der Waals surface area contributed by atoms with Crippen molar-refractivity contribution in [2.24, 2.45) is 0 Å². The molecule has 33 heavy (non-hydrogen) atoms. The van der Waals surface area contributed by atoms with Crippen LogP contribution in [0.3, 0.4) is 0 Å². The third kappa shape index (κ3) is 6.25. The SMILES string of the molecule is CCN(CC)C(=O)c1sc(NC(=O)Cc2ccc(OC)c(OC)c2)c(C(=O)OC(C)C)c1C. The second-order valence-corrected chi connectivity index (χ2v) is 8.63. The zero-order valence-corrected chi connectivity index (χ0v) is 21.1. The molecule has 0 unspecified atom stereocenters. The van der Waals surface area contributed by atoms with Crippen molar-refractivity contribution < 1.29 is 28.6 Å². The van der Waals surface area contributed by atoms with E-state index < -0.39 is 5.97 Å². The van der Waals surface area contributed by atoms with Crippen LogP contribution in [-0.4, -0.2) is 56.1 Å². The van der Waals surface area contributed by atoms with Crippen LogP contribution in [0.1, 0.15) is 58.9 Å². The minimum atomic E-state index is -0.571. The fourth-order valence-corrected chi connectivity index (χ4v) is 4.50. The molecule has 180 valence electrons. The third-order valence-electron chi connectivity index (χ3n) is 5.00. The summed E-state index contributed by atoms with van der Waals surface area (Å²) in [6, 6.07) is 5.22. The molecule has 2 rings (SSSR count). The van der Waals surface area contributed by atoms with Crippen molar-refractivity contribution in [3.8, 4) is 11.5 Å². The van der Waals surface area contributed by atoms with Crippen molar-refractivity contribution in [2.45, 2.75) is 47.1 Å². The van der Waals surface area contributed by atoms with E-state index in [4.69, 9.17) is 14.2 Å². The Hall–Kier alpha value is -3.07. The van der Waals surface area contributed by atoms with Gasteiger partial charge in [-0.2, -0.15) is 0 Å². The molecule has 0 saturated carbocycles. The molecule has 1 aromatic heterocycles. The average molecular weight is 477 g/mol. The van der Waals surface area contributed by atoms with Crippen molar-refractivity contribution in [3.05, 3.63) is 39.8 Å². The molecule has 0 aliphatic rings. The van der Waals surface area contributed by atoms with Crippen LogP contribution in [0.15, 0.2) is 18.2 Å². The van der Waals surface area contributed by atoms with E-state index in [9.17, 15) is 14.4 Å². The molecule has 2 aromatic rings. The van der Waals surface area contributed by atoms with Crippen molar-refractivity contribution in [1.82, 2.24) is 4.90 Å². The highest BCUT2D eigenvalue weighted by Crippen LogP contribution is 2.35. The Morgan fingerprint density at radius 1 is 1.06 bits per heavy atom. The quantitative estimate of drug-likeness (QED) is 0.514. The number of benzene rings is 1. The fourth-order valence-electron chi connectivity index (χ4n) is 3.33. The van der Waals surface area contributed by atoms with E-state index in [1.54, 1.807) is 43.9 Å². The Labute approximate surface area is 198 Å². The molecule has 8 nitrogen and oxygen atoms in total. The van der Waals surface area contributed by atoms with Crippen LogP contribution < -0.4 is 14.8 Å². The number of hydrogen-bond acceptors (Lipinski definition) is 7. The lowest BCUT2D eigenvalue weighted by Gasteiger charge is -2.18. The minimum absolute atomic E-state index is 0.0509. The largest absolute Gasteiger partial charge is 0.493 e. The number of nitrogens with one attached hydrogen (secondary N) is 1. The molecule has 0 atom stereocenters. The molecule has 2 amide bonds. The van der Waals surface area contributed by atoms with Gasteiger partial charge in [0.05, 0.1) is 37.2 Å². The first-order valence-electron chi connectivity index (χ1n) is 10.8. The number of nitrogens with zero attached hydrogens (tertiary/aromatic N) is 1. The molecule has 1 aromatic carbocycles. The molecule has 0 fully saturated rings. The zero-order chi connectivity index (χ0) is 24.7. The summed E-state index contributed by atoms with van der Waals surface area (Å²) in [6.07, 6.45) is -0.288. The van der Waals surface area contributed by atoms with Crippen molar-refractivity contribution in [2.75, 3.05) is 32.6 Å². The van der Waals surface area contributed by atoms with E-state index in [2.05, 4.69) is 5.32 Å². The molecular weight excluding hydrogens is 444 g/mol. The van der Waals surface area contributed by atoms with Gasteiger partial charge in [-0.1, -0.05) is 6.07 Å². The molecule has 1 heterocycles. The highest BCUT2D eigenvalue weighted by molar-refractivity contribution is 7.18. The fraction of sp³-hybridized carbons (Fsp3) is 0.458. The van der Waals surface area contributed by atoms with E-state index in [1.807, 2.05) is 13.8 Å². The Morgan fingerprint density at radius 2 is 1.70 bits per heavy atom. The highest BCUT2D eigenvalue weighted by Gasteiger charge is 2.28. The molecule has 0 saturated heterocycles. The molecule has 9 heteroatoms. The van der Waals surface area contributed by atoms with Crippen LogP contribution in [0.2, 0.25) is 0 Å². The number of carbonyl (C=O) groups excluding carboxylic acids is 3. The summed E-state index contributed by atoms with van der Waals surface area (Å²) in [6.45, 7) is 10.1. The van der Waals surface area contributed by atoms with Gasteiger partial charge < -0.3 is 24.4 Å². The first kappa shape index (κ1) is 26.2. The van der Waals surface area contributed by atoms with Crippen LogP contribution in [0.4, 0.5) is 5.00 Å². The van der Waals surface area contributed by atoms with Crippen molar-refractivity contribution in [1.29, 1.82) is 0 Å². The smallest absolute Gasteiger partial charge is 0.341 e. The summed E-state index contributed by atoms with van der Waals surface area (Å²) in [5.41, 5.74) is 1.43. The van der Waals surface area contributed by atoms with Gasteiger partial charge in [-0.3, -0.25) is 9.59 Å². The van der Waals surface area contributed by atoms with Gasteiger partial charge in [-0.15, -0.1) is 11.3 Å². The second-order valence-electron chi connectivity index (χ2n) is 7.61. The topological polar surface area (TPSA) is 94.2 Å². The van der Waals surface area contributed by atoms with E-state index in [0.717, 1.165) is 11.3 Å². The number of carbonyl (C=O) groups is 3. The normalized spacial score (nSPS) is 10.7. The van der Waals surface area contributed by atoms with Gasteiger partial charge in [0, 0.05) is 13.1 Å². The maximum Gasteiger partial charge on any atom is 0.341 e. The van der Waals surface area contributed by atoms with Crippen LogP contribution >= 0.6 is 11.3 Å². The molecular formula is C24H32N2O6S. The molecule has 0 aliphatic heterocycles. The monoisotopic (exact) mass is 476 g/mol. The number of hydrogen-bond donors (Lipinski definition) is 1. The van der Waals surface area contributed by atoms with Crippen LogP contribution in [0.25, 0.3) is 0 Å². The maximum absolute atomic E-state index is 13.0. The van der Waals surface area contributed by atoms with Gasteiger partial charge in [0.25, 0.3) is 5.91 Å². The van der Waals surface area contributed by atoms with E-state index >= 15 is 0 Å². The average Bonchev–Trinajstić information content (AvgIpc) is 3.09. The Kier molecular flexibility index (Phi) is 9.28. The molecule has 0 aliphatic carbocycles. The lowest BCUT2D eigenvalue weighted by Crippen LogP contribution is -2.30. The molecule has 1 N–H and O–H groups in total. The maximum atomic E-state index is 13.0. The number of esters is 1. The van der Waals surface area contributed by atoms with Gasteiger partial charge in [0.15, 0.2) is 11.5 Å². The lowest BCUT2D eigenvalue weighted by molar-refractivity contribution is -0.115. The summed E-state index contributed by atoms with van der Waals surface area (Å²) in [4.78, 5) is 40.7. The predicted molar refractivity (Wildman–Crippen MR) is 129 cm³/mol. The summed E-state index contributed by atoms with van der Waals surface area (Å²) < 4.78 is 15.9. The van der Waals surface area contributed by atoms with Gasteiger partial charge in [0.1, 0.15) is 5.00 Å². The number of amides is 2. The summed E-state index contributed by atoms with van der Waals surface area (Å²) in [5.74, 6) is 0.000966. The number of anilines is 1. The van der Waals surface area contributed by atoms with Crippen LogP contribution in [0.5, 0.6) is 11.5 Å². The number of methoxy groups -OCH3 is 2. The zero-order valence-electron chi connectivity index (χ0n) is 20.2. The van der Waals surface area contributed by atoms with Gasteiger partial charge in [0.2, 0.25) is 5.91 Å². The highest BCUT2D eigenvalue weighted by atomic mass is 32.1. The molecule has 0 bridgehead atoms. The standard InChI is InChI=1S/C24H32N2O6S/c1-8-26(9-2)23(28)21-15(5)20(24(29)32-14(3)4)22(33-21)25-19(27)13-16-10-11-17(30-6)18(12-16)31-7/h10-12,14H,8-9,13H2,1-7H3,(H,25,27). The van der Waals surface area contributed by atoms with E-state index in [1.165, 1.54) is 14.2 Å². The van der Waals surface area contributed by atoms with Crippen LogP contribution in [-0.2, 0) is 16.0 Å². The van der Waals surface area contributed by atoms with Gasteiger partial charge in [-0.05, 0) is 57.9 Å². The Morgan fingerprint density at radius 3 is 2.24 bits per heavy atom. The summed E-state index contributed by atoms with van der Waals surface area (Å²) >= 11 is 1.09. The Balaban J connectivity index is 2.37. The molecule has 0 radical (unpaired) electrons. The first-order valence-corrected chi connectivity index (χ1v) is 11.6. The first-order chi connectivity index (χ1) is 15.7. The lowest BCUT2D eigenvalue weighted by atomic mass is 10.1. The van der Waals surface area contributed by atoms with Crippen molar-refractivity contribution in [3.63, 3.8) is 0 Å². The number of thiophene rings is 1. The number of ether oxygens (including phenoxy) is 3. The molecule has 0 spiro atoms.